The molecule has 1 aromatic heterocycles. The van der Waals surface area contributed by atoms with Gasteiger partial charge in [-0.2, -0.15) is 18.3 Å². The van der Waals surface area contributed by atoms with Crippen LogP contribution in [0.5, 0.6) is 0 Å². The van der Waals surface area contributed by atoms with E-state index in [1.165, 1.54) is 12.3 Å². The van der Waals surface area contributed by atoms with Gasteiger partial charge in [-0.1, -0.05) is 29.3 Å². The number of nitrogens with one attached hydrogen (secondary N) is 1. The molecule has 0 aliphatic rings. The Kier molecular flexibility index (Phi) is 5.76. The van der Waals surface area contributed by atoms with Crippen LogP contribution in [0.25, 0.3) is 11.3 Å². The lowest BCUT2D eigenvalue weighted by molar-refractivity contribution is -0.137. The molecule has 0 bridgehead atoms. The monoisotopic (exact) mass is 426 g/mol. The summed E-state index contributed by atoms with van der Waals surface area (Å²) in [7, 11) is 0. The number of rotatable bonds is 4. The van der Waals surface area contributed by atoms with Crippen molar-refractivity contribution in [2.45, 2.75) is 6.18 Å². The third-order valence-corrected chi connectivity index (χ3v) is 4.20. The maximum absolute atomic E-state index is 12.7. The van der Waals surface area contributed by atoms with E-state index in [1.54, 1.807) is 30.3 Å². The third-order valence-electron chi connectivity index (χ3n) is 3.63. The summed E-state index contributed by atoms with van der Waals surface area (Å²) in [5.74, 6) is -0.0412. The van der Waals surface area contributed by atoms with Gasteiger partial charge in [0.2, 0.25) is 0 Å². The molecule has 0 fully saturated rings. The minimum atomic E-state index is -4.54. The first-order chi connectivity index (χ1) is 13.2. The summed E-state index contributed by atoms with van der Waals surface area (Å²) < 4.78 is 43.7. The number of halogens is 5. The Bertz CT molecular complexity index is 1050. The van der Waals surface area contributed by atoms with Gasteiger partial charge in [0.05, 0.1) is 16.8 Å². The van der Waals surface area contributed by atoms with Crippen LogP contribution in [-0.2, 0) is 6.18 Å². The molecule has 3 aromatic rings. The van der Waals surface area contributed by atoms with Crippen LogP contribution < -0.4 is 5.43 Å². The maximum Gasteiger partial charge on any atom is 0.416 e. The maximum atomic E-state index is 12.7. The molecule has 1 amide bonds. The molecule has 0 radical (unpaired) electrons. The average Bonchev–Trinajstić information content (AvgIpc) is 3.11. The van der Waals surface area contributed by atoms with Crippen LogP contribution in [0.3, 0.4) is 0 Å². The van der Waals surface area contributed by atoms with Gasteiger partial charge in [0.1, 0.15) is 11.5 Å². The molecular formula is C19H11Cl2F3N2O2. The third kappa shape index (κ3) is 4.74. The largest absolute Gasteiger partial charge is 0.455 e. The zero-order valence-electron chi connectivity index (χ0n) is 13.9. The molecule has 28 heavy (non-hydrogen) atoms. The molecule has 2 aromatic carbocycles. The van der Waals surface area contributed by atoms with E-state index in [0.29, 0.717) is 27.1 Å². The van der Waals surface area contributed by atoms with Gasteiger partial charge in [0.15, 0.2) is 0 Å². The number of hydrazone groups is 1. The van der Waals surface area contributed by atoms with Crippen molar-refractivity contribution in [3.05, 3.63) is 81.5 Å². The van der Waals surface area contributed by atoms with Crippen molar-refractivity contribution in [3.63, 3.8) is 0 Å². The number of benzene rings is 2. The Morgan fingerprint density at radius 1 is 1.07 bits per heavy atom. The first kappa shape index (κ1) is 20.0. The molecule has 0 unspecified atom stereocenters. The predicted molar refractivity (Wildman–Crippen MR) is 101 cm³/mol. The molecule has 0 saturated heterocycles. The summed E-state index contributed by atoms with van der Waals surface area (Å²) in [6, 6.07) is 12.2. The smallest absolute Gasteiger partial charge is 0.416 e. The minimum absolute atomic E-state index is 0.169. The van der Waals surface area contributed by atoms with E-state index < -0.39 is 17.6 Å². The fraction of sp³-hybridized carbons (Fsp3) is 0.0526. The molecular weight excluding hydrogens is 416 g/mol. The molecule has 0 aliphatic heterocycles. The van der Waals surface area contributed by atoms with E-state index in [0.717, 1.165) is 18.2 Å². The van der Waals surface area contributed by atoms with Gasteiger partial charge in [-0.15, -0.1) is 0 Å². The van der Waals surface area contributed by atoms with E-state index >= 15 is 0 Å². The minimum Gasteiger partial charge on any atom is -0.455 e. The highest BCUT2D eigenvalue weighted by molar-refractivity contribution is 6.35. The summed E-state index contributed by atoms with van der Waals surface area (Å²) in [6.07, 6.45) is -3.32. The number of nitrogens with zero attached hydrogens (tertiary/aromatic N) is 1. The number of carbonyl (C=O) groups is 1. The molecule has 3 rings (SSSR count). The zero-order valence-corrected chi connectivity index (χ0v) is 15.4. The Morgan fingerprint density at radius 3 is 2.61 bits per heavy atom. The van der Waals surface area contributed by atoms with Crippen molar-refractivity contribution < 1.29 is 22.4 Å². The molecule has 0 spiro atoms. The Hall–Kier alpha value is -2.77. The molecule has 9 heteroatoms. The number of amides is 1. The summed E-state index contributed by atoms with van der Waals surface area (Å²) in [4.78, 5) is 12.0. The highest BCUT2D eigenvalue weighted by Crippen LogP contribution is 2.31. The highest BCUT2D eigenvalue weighted by Gasteiger charge is 2.30. The number of furan rings is 1. The first-order valence-corrected chi connectivity index (χ1v) is 8.55. The summed E-state index contributed by atoms with van der Waals surface area (Å²) in [5, 5.41) is 4.63. The van der Waals surface area contributed by atoms with E-state index in [1.807, 2.05) is 0 Å². The van der Waals surface area contributed by atoms with Crippen molar-refractivity contribution in [3.8, 4) is 11.3 Å². The average molecular weight is 427 g/mol. The Labute approximate surface area is 167 Å². The van der Waals surface area contributed by atoms with Crippen LogP contribution in [0.2, 0.25) is 10.0 Å². The molecule has 0 atom stereocenters. The van der Waals surface area contributed by atoms with Gasteiger partial charge >= 0.3 is 6.18 Å². The van der Waals surface area contributed by atoms with Gasteiger partial charge in [-0.25, -0.2) is 5.43 Å². The first-order valence-electron chi connectivity index (χ1n) is 7.80. The fourth-order valence-electron chi connectivity index (χ4n) is 2.31. The molecule has 1 heterocycles. The summed E-state index contributed by atoms with van der Waals surface area (Å²) in [5.41, 5.74) is 1.65. The molecule has 4 nitrogen and oxygen atoms in total. The van der Waals surface area contributed by atoms with Crippen molar-refractivity contribution in [1.29, 1.82) is 0 Å². The van der Waals surface area contributed by atoms with E-state index in [9.17, 15) is 18.0 Å². The van der Waals surface area contributed by atoms with Crippen LogP contribution in [0.4, 0.5) is 13.2 Å². The van der Waals surface area contributed by atoms with E-state index in [4.69, 9.17) is 27.6 Å². The number of carbonyl (C=O) groups excluding carboxylic acids is 1. The summed E-state index contributed by atoms with van der Waals surface area (Å²) >= 11 is 12.1. The van der Waals surface area contributed by atoms with Gasteiger partial charge < -0.3 is 4.42 Å². The number of hydrogen-bond acceptors (Lipinski definition) is 3. The molecule has 0 saturated carbocycles. The van der Waals surface area contributed by atoms with Crippen molar-refractivity contribution in [2.24, 2.45) is 5.10 Å². The van der Waals surface area contributed by atoms with Crippen LogP contribution in [0.15, 0.2) is 64.1 Å². The van der Waals surface area contributed by atoms with Crippen molar-refractivity contribution in [2.75, 3.05) is 0 Å². The highest BCUT2D eigenvalue weighted by atomic mass is 35.5. The lowest BCUT2D eigenvalue weighted by Gasteiger charge is -2.07. The standard InChI is InChI=1S/C19H11Cl2F3N2O2/c20-13-4-6-16(21)15(9-13)17-7-5-14(28-17)10-25-26-18(27)11-2-1-3-12(8-11)19(22,23)24/h1-10H,(H,26,27)/b25-10-. The van der Waals surface area contributed by atoms with Crippen LogP contribution >= 0.6 is 23.2 Å². The quantitative estimate of drug-likeness (QED) is 0.408. The van der Waals surface area contributed by atoms with Gasteiger partial charge in [-0.05, 0) is 48.5 Å². The van der Waals surface area contributed by atoms with Crippen molar-refractivity contribution in [1.82, 2.24) is 5.43 Å². The SMILES string of the molecule is O=C(N/N=C\c1ccc(-c2cc(Cl)ccc2Cl)o1)c1cccc(C(F)(F)F)c1. The second-order valence-corrected chi connectivity index (χ2v) is 6.45. The van der Waals surface area contributed by atoms with Gasteiger partial charge in [-0.3, -0.25) is 4.79 Å². The number of alkyl halides is 3. The van der Waals surface area contributed by atoms with E-state index in [-0.39, 0.29) is 5.56 Å². The number of hydrogen-bond donors (Lipinski definition) is 1. The van der Waals surface area contributed by atoms with Crippen LogP contribution in [0, 0.1) is 0 Å². The van der Waals surface area contributed by atoms with Gasteiger partial charge in [0.25, 0.3) is 5.91 Å². The topological polar surface area (TPSA) is 54.6 Å². The summed E-state index contributed by atoms with van der Waals surface area (Å²) in [6.45, 7) is 0. The lowest BCUT2D eigenvalue weighted by atomic mass is 10.1. The lowest BCUT2D eigenvalue weighted by Crippen LogP contribution is -2.18. The second-order valence-electron chi connectivity index (χ2n) is 5.60. The fourth-order valence-corrected chi connectivity index (χ4v) is 2.69. The molecule has 144 valence electrons. The zero-order chi connectivity index (χ0) is 20.3. The van der Waals surface area contributed by atoms with Crippen LogP contribution in [-0.4, -0.2) is 12.1 Å². The Morgan fingerprint density at radius 2 is 1.86 bits per heavy atom. The second kappa shape index (κ2) is 8.08. The predicted octanol–water partition coefficient (Wildman–Crippen LogP) is 6.04. The molecule has 0 aliphatic carbocycles. The normalized spacial score (nSPS) is 11.8. The molecule has 1 N–H and O–H groups in total. The Balaban J connectivity index is 1.70. The van der Waals surface area contributed by atoms with Crippen molar-refractivity contribution >= 4 is 35.3 Å². The van der Waals surface area contributed by atoms with E-state index in [2.05, 4.69) is 10.5 Å². The van der Waals surface area contributed by atoms with Gasteiger partial charge in [0, 0.05) is 16.1 Å². The van der Waals surface area contributed by atoms with Crippen LogP contribution in [0.1, 0.15) is 21.7 Å².